The average molecular weight is 283 g/mol. The van der Waals surface area contributed by atoms with Crippen molar-refractivity contribution in [3.63, 3.8) is 0 Å². The van der Waals surface area contributed by atoms with Gasteiger partial charge >= 0.3 is 5.97 Å². The molecule has 0 radical (unpaired) electrons. The second-order valence-corrected chi connectivity index (χ2v) is 6.55. The van der Waals surface area contributed by atoms with Crippen LogP contribution in [0.1, 0.15) is 13.8 Å². The molecule has 2 atom stereocenters. The minimum atomic E-state index is -0.866. The Labute approximate surface area is 120 Å². The van der Waals surface area contributed by atoms with Crippen LogP contribution in [0.2, 0.25) is 0 Å². The van der Waals surface area contributed by atoms with Gasteiger partial charge in [0.25, 0.3) is 0 Å². The van der Waals surface area contributed by atoms with Crippen molar-refractivity contribution in [1.82, 2.24) is 15.1 Å². The van der Waals surface area contributed by atoms with E-state index in [0.717, 1.165) is 32.7 Å². The molecule has 2 N–H and O–H groups in total. The first-order valence-electron chi connectivity index (χ1n) is 7.25. The third-order valence-corrected chi connectivity index (χ3v) is 4.70. The van der Waals surface area contributed by atoms with Crippen molar-refractivity contribution in [3.8, 4) is 0 Å². The van der Waals surface area contributed by atoms with Crippen LogP contribution in [-0.4, -0.2) is 73.1 Å². The number of likely N-dealkylation sites (N-methyl/N-ethyl adjacent to an activating group) is 1. The van der Waals surface area contributed by atoms with Crippen LogP contribution in [0.25, 0.3) is 0 Å². The Morgan fingerprint density at radius 2 is 1.80 bits per heavy atom. The van der Waals surface area contributed by atoms with Crippen molar-refractivity contribution < 1.29 is 14.7 Å². The smallest absolute Gasteiger partial charge is 0.307 e. The molecule has 6 heteroatoms. The molecule has 0 aromatic heterocycles. The van der Waals surface area contributed by atoms with E-state index in [1.165, 1.54) is 0 Å². The number of hydrogen-bond acceptors (Lipinski definition) is 4. The molecule has 1 aliphatic carbocycles. The predicted molar refractivity (Wildman–Crippen MR) is 75.3 cm³/mol. The molecule has 2 fully saturated rings. The summed E-state index contributed by atoms with van der Waals surface area (Å²) in [6.45, 7) is 9.30. The Kier molecular flexibility index (Phi) is 4.34. The van der Waals surface area contributed by atoms with Gasteiger partial charge in [0.1, 0.15) is 0 Å². The van der Waals surface area contributed by atoms with E-state index in [4.69, 9.17) is 5.11 Å². The number of carbonyl (C=O) groups excluding carboxylic acids is 1. The molecular weight excluding hydrogens is 258 g/mol. The molecular formula is C14H25N3O3. The van der Waals surface area contributed by atoms with Gasteiger partial charge in [-0.05, 0) is 12.5 Å². The highest BCUT2D eigenvalue weighted by molar-refractivity contribution is 5.91. The van der Waals surface area contributed by atoms with Crippen molar-refractivity contribution in [2.45, 2.75) is 13.8 Å². The molecule has 2 aliphatic rings. The van der Waals surface area contributed by atoms with E-state index in [2.05, 4.69) is 22.2 Å². The molecule has 1 saturated heterocycles. The van der Waals surface area contributed by atoms with E-state index < -0.39 is 17.3 Å². The maximum Gasteiger partial charge on any atom is 0.307 e. The van der Waals surface area contributed by atoms with Crippen molar-refractivity contribution in [3.05, 3.63) is 0 Å². The number of carboxylic acid groups (broad SMARTS) is 1. The number of piperazine rings is 1. The van der Waals surface area contributed by atoms with Crippen LogP contribution in [0.3, 0.4) is 0 Å². The SMILES string of the molecule is CN1CCN(CCNC(=O)[C@H]2[C@@H](C(=O)O)C2(C)C)CC1. The summed E-state index contributed by atoms with van der Waals surface area (Å²) in [6, 6.07) is 0. The molecule has 0 bridgehead atoms. The number of rotatable bonds is 5. The topological polar surface area (TPSA) is 72.9 Å². The van der Waals surface area contributed by atoms with Crippen molar-refractivity contribution >= 4 is 11.9 Å². The summed E-state index contributed by atoms with van der Waals surface area (Å²) in [6.07, 6.45) is 0. The normalized spacial score (nSPS) is 29.9. The lowest BCUT2D eigenvalue weighted by Crippen LogP contribution is -2.47. The Balaban J connectivity index is 1.70. The Morgan fingerprint density at radius 1 is 1.20 bits per heavy atom. The van der Waals surface area contributed by atoms with Crippen molar-refractivity contribution in [1.29, 1.82) is 0 Å². The van der Waals surface area contributed by atoms with Crippen LogP contribution in [0.5, 0.6) is 0 Å². The highest BCUT2D eigenvalue weighted by Gasteiger charge is 2.65. The number of amides is 1. The van der Waals surface area contributed by atoms with E-state index in [9.17, 15) is 9.59 Å². The molecule has 0 aromatic carbocycles. The van der Waals surface area contributed by atoms with E-state index in [1.54, 1.807) is 0 Å². The molecule has 1 saturated carbocycles. The van der Waals surface area contributed by atoms with Crippen LogP contribution in [-0.2, 0) is 9.59 Å². The summed E-state index contributed by atoms with van der Waals surface area (Å²) in [5.41, 5.74) is -0.413. The zero-order chi connectivity index (χ0) is 14.9. The second-order valence-electron chi connectivity index (χ2n) is 6.55. The van der Waals surface area contributed by atoms with Gasteiger partial charge in [-0.15, -0.1) is 0 Å². The molecule has 2 rings (SSSR count). The molecule has 6 nitrogen and oxygen atoms in total. The number of carboxylic acids is 1. The summed E-state index contributed by atoms with van der Waals surface area (Å²) in [5.74, 6) is -1.90. The Bertz CT molecular complexity index is 389. The predicted octanol–water partition coefficient (Wildman–Crippen LogP) is -0.293. The zero-order valence-corrected chi connectivity index (χ0v) is 12.6. The Morgan fingerprint density at radius 3 is 2.30 bits per heavy atom. The van der Waals surface area contributed by atoms with E-state index in [0.29, 0.717) is 6.54 Å². The van der Waals surface area contributed by atoms with Gasteiger partial charge in [-0.2, -0.15) is 0 Å². The first kappa shape index (κ1) is 15.3. The monoisotopic (exact) mass is 283 g/mol. The van der Waals surface area contributed by atoms with E-state index in [1.807, 2.05) is 13.8 Å². The van der Waals surface area contributed by atoms with Crippen molar-refractivity contribution in [2.75, 3.05) is 46.3 Å². The largest absolute Gasteiger partial charge is 0.481 e. The zero-order valence-electron chi connectivity index (χ0n) is 12.6. The Hall–Kier alpha value is -1.14. The van der Waals surface area contributed by atoms with E-state index >= 15 is 0 Å². The van der Waals surface area contributed by atoms with Crippen LogP contribution < -0.4 is 5.32 Å². The fourth-order valence-electron chi connectivity index (χ4n) is 3.11. The standard InChI is InChI=1S/C14H25N3O3/c1-14(2)10(11(14)13(19)20)12(18)15-4-5-17-8-6-16(3)7-9-17/h10-11H,4-9H2,1-3H3,(H,15,18)(H,19,20)/t10-,11+/m1/s1. The fourth-order valence-corrected chi connectivity index (χ4v) is 3.11. The number of nitrogens with one attached hydrogen (secondary N) is 1. The summed E-state index contributed by atoms with van der Waals surface area (Å²) in [5, 5.41) is 12.0. The van der Waals surface area contributed by atoms with Gasteiger partial charge in [0.2, 0.25) is 5.91 Å². The van der Waals surface area contributed by atoms with Crippen LogP contribution in [0.4, 0.5) is 0 Å². The summed E-state index contributed by atoms with van der Waals surface area (Å²) in [4.78, 5) is 27.7. The molecule has 0 spiro atoms. The second kappa shape index (κ2) is 5.69. The van der Waals surface area contributed by atoms with Gasteiger partial charge < -0.3 is 15.3 Å². The first-order chi connectivity index (χ1) is 9.34. The van der Waals surface area contributed by atoms with Gasteiger partial charge in [0.15, 0.2) is 0 Å². The number of hydrogen-bond donors (Lipinski definition) is 2. The van der Waals surface area contributed by atoms with Gasteiger partial charge in [-0.3, -0.25) is 14.5 Å². The third-order valence-electron chi connectivity index (χ3n) is 4.70. The molecule has 0 aromatic rings. The van der Waals surface area contributed by atoms with Gasteiger partial charge in [-0.25, -0.2) is 0 Å². The molecule has 1 heterocycles. The molecule has 20 heavy (non-hydrogen) atoms. The number of nitrogens with zero attached hydrogens (tertiary/aromatic N) is 2. The lowest BCUT2D eigenvalue weighted by atomic mass is 10.1. The van der Waals surface area contributed by atoms with Crippen LogP contribution >= 0.6 is 0 Å². The van der Waals surface area contributed by atoms with Crippen molar-refractivity contribution in [2.24, 2.45) is 17.3 Å². The quantitative estimate of drug-likeness (QED) is 0.725. The molecule has 0 unspecified atom stereocenters. The summed E-state index contributed by atoms with van der Waals surface area (Å²) < 4.78 is 0. The highest BCUT2D eigenvalue weighted by Crippen LogP contribution is 2.58. The molecule has 114 valence electrons. The minimum Gasteiger partial charge on any atom is -0.481 e. The highest BCUT2D eigenvalue weighted by atomic mass is 16.4. The van der Waals surface area contributed by atoms with Crippen LogP contribution in [0.15, 0.2) is 0 Å². The molecule has 1 aliphatic heterocycles. The summed E-state index contributed by atoms with van der Waals surface area (Å²) >= 11 is 0. The minimum absolute atomic E-state index is 0.114. The summed E-state index contributed by atoms with van der Waals surface area (Å²) in [7, 11) is 2.11. The lowest BCUT2D eigenvalue weighted by Gasteiger charge is -2.32. The van der Waals surface area contributed by atoms with Gasteiger partial charge in [-0.1, -0.05) is 13.8 Å². The van der Waals surface area contributed by atoms with Crippen LogP contribution in [0, 0.1) is 17.3 Å². The number of aliphatic carboxylic acids is 1. The molecule has 1 amide bonds. The first-order valence-corrected chi connectivity index (χ1v) is 7.25. The lowest BCUT2D eigenvalue weighted by molar-refractivity contribution is -0.140. The van der Waals surface area contributed by atoms with Gasteiger partial charge in [0, 0.05) is 39.3 Å². The maximum absolute atomic E-state index is 12.0. The van der Waals surface area contributed by atoms with Gasteiger partial charge in [0.05, 0.1) is 11.8 Å². The third kappa shape index (κ3) is 3.12. The fraction of sp³-hybridized carbons (Fsp3) is 0.857. The number of carbonyl (C=O) groups is 2. The van der Waals surface area contributed by atoms with E-state index in [-0.39, 0.29) is 11.8 Å². The maximum atomic E-state index is 12.0. The average Bonchev–Trinajstić information content (AvgIpc) is 2.95.